The third kappa shape index (κ3) is 2.84. The summed E-state index contributed by atoms with van der Waals surface area (Å²) in [5.74, 6) is 0.0681. The number of aromatic nitrogens is 1. The van der Waals surface area contributed by atoms with Crippen LogP contribution < -0.4 is 5.32 Å². The molecule has 1 aromatic rings. The Hall–Kier alpha value is -1.26. The Labute approximate surface area is 88.7 Å². The standard InChI is InChI=1S/C11H14N2O2/c14-11(10-3-1-2-4-13-10)7-9-8-15-6-5-12-9/h1-4,9,12H,5-8H2. The van der Waals surface area contributed by atoms with Gasteiger partial charge in [-0.1, -0.05) is 6.07 Å². The zero-order chi connectivity index (χ0) is 10.5. The predicted molar refractivity (Wildman–Crippen MR) is 55.8 cm³/mol. The molecular weight excluding hydrogens is 192 g/mol. The highest BCUT2D eigenvalue weighted by Crippen LogP contribution is 2.04. The molecule has 0 aliphatic carbocycles. The number of ketones is 1. The van der Waals surface area contributed by atoms with Crippen LogP contribution in [0.25, 0.3) is 0 Å². The summed E-state index contributed by atoms with van der Waals surface area (Å²) in [7, 11) is 0. The molecule has 0 aromatic carbocycles. The fraction of sp³-hybridized carbons (Fsp3) is 0.455. The number of carbonyl (C=O) groups is 1. The van der Waals surface area contributed by atoms with Crippen molar-refractivity contribution in [1.29, 1.82) is 0 Å². The molecule has 4 heteroatoms. The first-order valence-corrected chi connectivity index (χ1v) is 5.11. The highest BCUT2D eigenvalue weighted by Gasteiger charge is 2.18. The number of Topliss-reactive ketones (excluding diaryl/α,β-unsaturated/α-hetero) is 1. The summed E-state index contributed by atoms with van der Waals surface area (Å²) in [4.78, 5) is 15.8. The summed E-state index contributed by atoms with van der Waals surface area (Å²) in [6.45, 7) is 2.16. The Balaban J connectivity index is 1.91. The Morgan fingerprint density at radius 3 is 3.20 bits per heavy atom. The number of hydrogen-bond donors (Lipinski definition) is 1. The molecule has 0 spiro atoms. The summed E-state index contributed by atoms with van der Waals surface area (Å²) in [6, 6.07) is 5.50. The van der Waals surface area contributed by atoms with Crippen molar-refractivity contribution in [3.8, 4) is 0 Å². The molecular formula is C11H14N2O2. The van der Waals surface area contributed by atoms with Crippen molar-refractivity contribution in [3.05, 3.63) is 30.1 Å². The van der Waals surface area contributed by atoms with Crippen molar-refractivity contribution >= 4 is 5.78 Å². The molecule has 1 aliphatic rings. The van der Waals surface area contributed by atoms with Gasteiger partial charge >= 0.3 is 0 Å². The average Bonchev–Trinajstić information content (AvgIpc) is 2.31. The van der Waals surface area contributed by atoms with Crippen LogP contribution in [0, 0.1) is 0 Å². The summed E-state index contributed by atoms with van der Waals surface area (Å²) in [5.41, 5.74) is 0.532. The molecule has 2 heterocycles. The van der Waals surface area contributed by atoms with Crippen molar-refractivity contribution in [2.75, 3.05) is 19.8 Å². The molecule has 2 rings (SSSR count). The van der Waals surface area contributed by atoms with E-state index >= 15 is 0 Å². The van der Waals surface area contributed by atoms with Crippen LogP contribution in [-0.4, -0.2) is 36.6 Å². The van der Waals surface area contributed by atoms with Gasteiger partial charge in [-0.3, -0.25) is 9.78 Å². The number of nitrogens with zero attached hydrogens (tertiary/aromatic N) is 1. The van der Waals surface area contributed by atoms with Gasteiger partial charge in [0.05, 0.1) is 13.2 Å². The van der Waals surface area contributed by atoms with E-state index in [4.69, 9.17) is 4.74 Å². The van der Waals surface area contributed by atoms with Gasteiger partial charge in [0.2, 0.25) is 0 Å². The monoisotopic (exact) mass is 206 g/mol. The average molecular weight is 206 g/mol. The molecule has 1 unspecified atom stereocenters. The Morgan fingerprint density at radius 1 is 1.60 bits per heavy atom. The van der Waals surface area contributed by atoms with Crippen LogP contribution in [0.3, 0.4) is 0 Å². The van der Waals surface area contributed by atoms with Gasteiger partial charge in [0.1, 0.15) is 5.69 Å². The molecule has 0 radical (unpaired) electrons. The van der Waals surface area contributed by atoms with E-state index in [-0.39, 0.29) is 11.8 Å². The SMILES string of the molecule is O=C(CC1COCCN1)c1ccccn1. The summed E-state index contributed by atoms with van der Waals surface area (Å²) < 4.78 is 5.28. The van der Waals surface area contributed by atoms with Gasteiger partial charge in [-0.2, -0.15) is 0 Å². The molecule has 1 saturated heterocycles. The first-order valence-electron chi connectivity index (χ1n) is 5.11. The molecule has 0 saturated carbocycles. The lowest BCUT2D eigenvalue weighted by Crippen LogP contribution is -2.42. The van der Waals surface area contributed by atoms with Gasteiger partial charge in [-0.25, -0.2) is 0 Å². The maximum Gasteiger partial charge on any atom is 0.182 e. The third-order valence-electron chi connectivity index (χ3n) is 2.38. The van der Waals surface area contributed by atoms with Gasteiger partial charge in [0, 0.05) is 25.2 Å². The van der Waals surface area contributed by atoms with E-state index in [9.17, 15) is 4.79 Å². The van der Waals surface area contributed by atoms with Crippen LogP contribution in [0.2, 0.25) is 0 Å². The molecule has 1 aliphatic heterocycles. The lowest BCUT2D eigenvalue weighted by molar-refractivity contribution is 0.0674. The third-order valence-corrected chi connectivity index (χ3v) is 2.38. The second-order valence-corrected chi connectivity index (χ2v) is 3.57. The van der Waals surface area contributed by atoms with Crippen LogP contribution >= 0.6 is 0 Å². The fourth-order valence-corrected chi connectivity index (χ4v) is 1.61. The Bertz CT molecular complexity index is 321. The zero-order valence-electron chi connectivity index (χ0n) is 8.48. The minimum absolute atomic E-state index is 0.0681. The van der Waals surface area contributed by atoms with Crippen molar-refractivity contribution in [3.63, 3.8) is 0 Å². The summed E-state index contributed by atoms with van der Waals surface area (Å²) >= 11 is 0. The molecule has 1 atom stereocenters. The number of carbonyl (C=O) groups excluding carboxylic acids is 1. The topological polar surface area (TPSA) is 51.2 Å². The molecule has 1 N–H and O–H groups in total. The van der Waals surface area contributed by atoms with Gasteiger partial charge in [-0.15, -0.1) is 0 Å². The molecule has 0 amide bonds. The lowest BCUT2D eigenvalue weighted by Gasteiger charge is -2.22. The number of morpholine rings is 1. The second-order valence-electron chi connectivity index (χ2n) is 3.57. The maximum atomic E-state index is 11.8. The van der Waals surface area contributed by atoms with Crippen LogP contribution in [0.15, 0.2) is 24.4 Å². The van der Waals surface area contributed by atoms with Crippen molar-refractivity contribution in [2.24, 2.45) is 0 Å². The maximum absolute atomic E-state index is 11.8. The van der Waals surface area contributed by atoms with Crippen molar-refractivity contribution in [1.82, 2.24) is 10.3 Å². The van der Waals surface area contributed by atoms with Crippen molar-refractivity contribution in [2.45, 2.75) is 12.5 Å². The van der Waals surface area contributed by atoms with Crippen LogP contribution in [0.5, 0.6) is 0 Å². The van der Waals surface area contributed by atoms with Gasteiger partial charge in [0.15, 0.2) is 5.78 Å². The molecule has 1 fully saturated rings. The number of rotatable bonds is 3. The number of hydrogen-bond acceptors (Lipinski definition) is 4. The highest BCUT2D eigenvalue weighted by molar-refractivity contribution is 5.94. The number of nitrogens with one attached hydrogen (secondary N) is 1. The second kappa shape index (κ2) is 5.00. The van der Waals surface area contributed by atoms with E-state index in [1.165, 1.54) is 0 Å². The summed E-state index contributed by atoms with van der Waals surface area (Å²) in [5, 5.41) is 3.25. The van der Waals surface area contributed by atoms with Gasteiger partial charge < -0.3 is 10.1 Å². The first kappa shape index (κ1) is 10.3. The molecule has 15 heavy (non-hydrogen) atoms. The molecule has 4 nitrogen and oxygen atoms in total. The number of pyridine rings is 1. The van der Waals surface area contributed by atoms with Gasteiger partial charge in [-0.05, 0) is 12.1 Å². The minimum Gasteiger partial charge on any atom is -0.378 e. The quantitative estimate of drug-likeness (QED) is 0.737. The number of ether oxygens (including phenoxy) is 1. The van der Waals surface area contributed by atoms with Crippen LogP contribution in [-0.2, 0) is 4.74 Å². The normalized spacial score (nSPS) is 21.2. The van der Waals surface area contributed by atoms with Gasteiger partial charge in [0.25, 0.3) is 0 Å². The fourth-order valence-electron chi connectivity index (χ4n) is 1.61. The van der Waals surface area contributed by atoms with E-state index in [0.29, 0.717) is 18.7 Å². The van der Waals surface area contributed by atoms with Crippen molar-refractivity contribution < 1.29 is 9.53 Å². The molecule has 0 bridgehead atoms. The highest BCUT2D eigenvalue weighted by atomic mass is 16.5. The summed E-state index contributed by atoms with van der Waals surface area (Å²) in [6.07, 6.45) is 2.09. The van der Waals surface area contributed by atoms with E-state index in [1.54, 1.807) is 18.3 Å². The molecule has 1 aromatic heterocycles. The van der Waals surface area contributed by atoms with E-state index in [2.05, 4.69) is 10.3 Å². The van der Waals surface area contributed by atoms with Crippen LogP contribution in [0.4, 0.5) is 0 Å². The van der Waals surface area contributed by atoms with E-state index in [0.717, 1.165) is 13.2 Å². The smallest absolute Gasteiger partial charge is 0.182 e. The van der Waals surface area contributed by atoms with E-state index in [1.807, 2.05) is 6.07 Å². The Kier molecular flexibility index (Phi) is 3.42. The predicted octanol–water partition coefficient (Wildman–Crippen LogP) is 0.643. The Morgan fingerprint density at radius 2 is 2.53 bits per heavy atom. The van der Waals surface area contributed by atoms with Crippen LogP contribution in [0.1, 0.15) is 16.9 Å². The lowest BCUT2D eigenvalue weighted by atomic mass is 10.1. The minimum atomic E-state index is 0.0681. The van der Waals surface area contributed by atoms with E-state index < -0.39 is 0 Å². The zero-order valence-corrected chi connectivity index (χ0v) is 8.48. The first-order chi connectivity index (χ1) is 7.36. The largest absolute Gasteiger partial charge is 0.378 e. The molecule has 80 valence electrons.